The van der Waals surface area contributed by atoms with Crippen molar-refractivity contribution in [1.82, 2.24) is 0 Å². The zero-order chi connectivity index (χ0) is 13.9. The van der Waals surface area contributed by atoms with Crippen LogP contribution in [0.1, 0.15) is 4.88 Å². The monoisotopic (exact) mass is 316 g/mol. The topological polar surface area (TPSA) is 58.2 Å². The van der Waals surface area contributed by atoms with Crippen LogP contribution >= 0.6 is 22.9 Å². The molecule has 0 aliphatic carbocycles. The summed E-state index contributed by atoms with van der Waals surface area (Å²) in [7, 11) is -3.29. The van der Waals surface area contributed by atoms with E-state index in [9.17, 15) is 8.42 Å². The molecule has 0 aliphatic rings. The van der Waals surface area contributed by atoms with E-state index in [4.69, 9.17) is 11.6 Å². The van der Waals surface area contributed by atoms with E-state index in [0.29, 0.717) is 17.3 Å². The van der Waals surface area contributed by atoms with E-state index in [2.05, 4.69) is 10.0 Å². The number of hydrogen-bond acceptors (Lipinski definition) is 4. The summed E-state index contributed by atoms with van der Waals surface area (Å²) >= 11 is 7.41. The summed E-state index contributed by atoms with van der Waals surface area (Å²) in [5.41, 5.74) is 1.27. The van der Waals surface area contributed by atoms with Crippen molar-refractivity contribution in [2.45, 2.75) is 6.54 Å². The maximum absolute atomic E-state index is 11.3. The lowest BCUT2D eigenvalue weighted by Gasteiger charge is -2.11. The van der Waals surface area contributed by atoms with Gasteiger partial charge in [0.1, 0.15) is 0 Å². The molecule has 0 amide bonds. The Hall–Kier alpha value is -1.24. The molecule has 1 heterocycles. The van der Waals surface area contributed by atoms with Gasteiger partial charge in [0.25, 0.3) is 0 Å². The lowest BCUT2D eigenvalue weighted by molar-refractivity contribution is 0.607. The van der Waals surface area contributed by atoms with Crippen LogP contribution < -0.4 is 10.0 Å². The predicted molar refractivity (Wildman–Crippen MR) is 81.6 cm³/mol. The van der Waals surface area contributed by atoms with Gasteiger partial charge in [0.2, 0.25) is 10.0 Å². The third-order valence-corrected chi connectivity index (χ3v) is 4.17. The van der Waals surface area contributed by atoms with E-state index in [0.717, 1.165) is 16.8 Å². The van der Waals surface area contributed by atoms with Gasteiger partial charge in [-0.15, -0.1) is 11.3 Å². The first kappa shape index (κ1) is 14.2. The van der Waals surface area contributed by atoms with Gasteiger partial charge in [0.15, 0.2) is 0 Å². The number of rotatable bonds is 5. The number of benzene rings is 1. The number of para-hydroxylation sites is 2. The second kappa shape index (κ2) is 5.81. The first-order chi connectivity index (χ1) is 8.94. The molecule has 102 valence electrons. The standard InChI is InChI=1S/C12H13ClN2O2S2/c1-19(16,17)15-12-5-3-2-4-11(12)14-7-10-6-9(13)8-18-10/h2-6,8,14-15H,7H2,1H3. The maximum Gasteiger partial charge on any atom is 0.229 e. The van der Waals surface area contributed by atoms with Crippen molar-refractivity contribution in [2.75, 3.05) is 16.3 Å². The lowest BCUT2D eigenvalue weighted by Crippen LogP contribution is -2.11. The fourth-order valence-corrected chi connectivity index (χ4v) is 3.14. The first-order valence-corrected chi connectivity index (χ1v) is 8.62. The molecule has 0 atom stereocenters. The van der Waals surface area contributed by atoms with Crippen LogP contribution in [-0.4, -0.2) is 14.7 Å². The molecule has 1 aromatic heterocycles. The van der Waals surface area contributed by atoms with E-state index in [1.54, 1.807) is 23.5 Å². The highest BCUT2D eigenvalue weighted by Crippen LogP contribution is 2.24. The Balaban J connectivity index is 2.11. The smallest absolute Gasteiger partial charge is 0.229 e. The van der Waals surface area contributed by atoms with E-state index in [1.165, 1.54) is 0 Å². The van der Waals surface area contributed by atoms with Crippen LogP contribution in [0.2, 0.25) is 5.02 Å². The Morgan fingerprint density at radius 2 is 1.95 bits per heavy atom. The molecule has 0 unspecified atom stereocenters. The molecule has 1 aromatic carbocycles. The van der Waals surface area contributed by atoms with Crippen molar-refractivity contribution in [1.29, 1.82) is 0 Å². The van der Waals surface area contributed by atoms with Crippen molar-refractivity contribution >= 4 is 44.3 Å². The highest BCUT2D eigenvalue weighted by molar-refractivity contribution is 7.92. The zero-order valence-electron chi connectivity index (χ0n) is 10.2. The van der Waals surface area contributed by atoms with Crippen molar-refractivity contribution in [3.63, 3.8) is 0 Å². The molecule has 0 radical (unpaired) electrons. The molecule has 19 heavy (non-hydrogen) atoms. The van der Waals surface area contributed by atoms with E-state index < -0.39 is 10.0 Å². The summed E-state index contributed by atoms with van der Waals surface area (Å²) in [6.45, 7) is 0.597. The molecule has 0 saturated heterocycles. The van der Waals surface area contributed by atoms with Crippen molar-refractivity contribution in [3.05, 3.63) is 45.6 Å². The zero-order valence-corrected chi connectivity index (χ0v) is 12.6. The van der Waals surface area contributed by atoms with Crippen LogP contribution in [0.5, 0.6) is 0 Å². The summed E-state index contributed by atoms with van der Waals surface area (Å²) < 4.78 is 25.0. The molecule has 4 nitrogen and oxygen atoms in total. The highest BCUT2D eigenvalue weighted by Gasteiger charge is 2.07. The Labute approximate surface area is 121 Å². The second-order valence-electron chi connectivity index (χ2n) is 4.00. The third kappa shape index (κ3) is 4.41. The van der Waals surface area contributed by atoms with Crippen molar-refractivity contribution in [2.24, 2.45) is 0 Å². The average Bonchev–Trinajstić information content (AvgIpc) is 2.72. The second-order valence-corrected chi connectivity index (χ2v) is 7.19. The molecular weight excluding hydrogens is 304 g/mol. The number of hydrogen-bond donors (Lipinski definition) is 2. The van der Waals surface area contributed by atoms with Gasteiger partial charge in [-0.2, -0.15) is 0 Å². The number of nitrogens with one attached hydrogen (secondary N) is 2. The van der Waals surface area contributed by atoms with Crippen LogP contribution in [0.4, 0.5) is 11.4 Å². The highest BCUT2D eigenvalue weighted by atomic mass is 35.5. The fraction of sp³-hybridized carbons (Fsp3) is 0.167. The Bertz CT molecular complexity index is 668. The Morgan fingerprint density at radius 3 is 2.53 bits per heavy atom. The molecule has 0 saturated carbocycles. The van der Waals surface area contributed by atoms with E-state index in [-0.39, 0.29) is 0 Å². The normalized spacial score (nSPS) is 11.3. The van der Waals surface area contributed by atoms with Crippen LogP contribution in [-0.2, 0) is 16.6 Å². The van der Waals surface area contributed by atoms with Gasteiger partial charge in [0.05, 0.1) is 22.7 Å². The lowest BCUT2D eigenvalue weighted by atomic mass is 10.2. The van der Waals surface area contributed by atoms with Crippen LogP contribution in [0.25, 0.3) is 0 Å². The molecule has 0 aliphatic heterocycles. The van der Waals surface area contributed by atoms with Crippen molar-refractivity contribution < 1.29 is 8.42 Å². The van der Waals surface area contributed by atoms with Gasteiger partial charge in [-0.1, -0.05) is 23.7 Å². The van der Waals surface area contributed by atoms with Gasteiger partial charge in [-0.25, -0.2) is 8.42 Å². The molecule has 0 bridgehead atoms. The number of halogens is 1. The average molecular weight is 317 g/mol. The summed E-state index contributed by atoms with van der Waals surface area (Å²) in [5.74, 6) is 0. The molecule has 0 spiro atoms. The minimum absolute atomic E-state index is 0.535. The van der Waals surface area contributed by atoms with Crippen molar-refractivity contribution in [3.8, 4) is 0 Å². The van der Waals surface area contributed by atoms with Gasteiger partial charge in [0, 0.05) is 16.8 Å². The maximum atomic E-state index is 11.3. The van der Waals surface area contributed by atoms with Crippen LogP contribution in [0.3, 0.4) is 0 Å². The fourth-order valence-electron chi connectivity index (χ4n) is 1.55. The van der Waals surface area contributed by atoms with Gasteiger partial charge < -0.3 is 5.32 Å². The van der Waals surface area contributed by atoms with Gasteiger partial charge in [-0.3, -0.25) is 4.72 Å². The number of sulfonamides is 1. The SMILES string of the molecule is CS(=O)(=O)Nc1ccccc1NCc1cc(Cl)cs1. The first-order valence-electron chi connectivity index (χ1n) is 5.47. The quantitative estimate of drug-likeness (QED) is 0.889. The summed E-state index contributed by atoms with van der Waals surface area (Å²) in [6.07, 6.45) is 1.13. The van der Waals surface area contributed by atoms with Crippen LogP contribution in [0, 0.1) is 0 Å². The number of anilines is 2. The minimum atomic E-state index is -3.29. The molecule has 7 heteroatoms. The molecule has 2 rings (SSSR count). The molecular formula is C12H13ClN2O2S2. The minimum Gasteiger partial charge on any atom is -0.378 e. The third-order valence-electron chi connectivity index (χ3n) is 2.30. The van der Waals surface area contributed by atoms with E-state index in [1.807, 2.05) is 23.6 Å². The summed E-state index contributed by atoms with van der Waals surface area (Å²) in [4.78, 5) is 1.08. The Kier molecular flexibility index (Phi) is 4.34. The largest absolute Gasteiger partial charge is 0.378 e. The Morgan fingerprint density at radius 1 is 1.26 bits per heavy atom. The van der Waals surface area contributed by atoms with Gasteiger partial charge >= 0.3 is 0 Å². The molecule has 0 fully saturated rings. The molecule has 2 N–H and O–H groups in total. The number of thiophene rings is 1. The molecule has 2 aromatic rings. The summed E-state index contributed by atoms with van der Waals surface area (Å²) in [6, 6.07) is 9.04. The van der Waals surface area contributed by atoms with Crippen LogP contribution in [0.15, 0.2) is 35.7 Å². The summed E-state index contributed by atoms with van der Waals surface area (Å²) in [5, 5.41) is 5.76. The van der Waals surface area contributed by atoms with Gasteiger partial charge in [-0.05, 0) is 18.2 Å². The van der Waals surface area contributed by atoms with E-state index >= 15 is 0 Å². The predicted octanol–water partition coefficient (Wildman–Crippen LogP) is 3.39.